The molecular weight excluding hydrogens is 324 g/mol. The molecule has 0 atom stereocenters. The fraction of sp³-hybridized carbons (Fsp3) is 0.0952. The summed E-state index contributed by atoms with van der Waals surface area (Å²) in [5, 5.41) is 9.04. The number of hydrogen-bond donors (Lipinski definition) is 1. The van der Waals surface area contributed by atoms with Crippen LogP contribution >= 0.6 is 0 Å². The minimum atomic E-state index is -0.176. The summed E-state index contributed by atoms with van der Waals surface area (Å²) in [6.07, 6.45) is 3.69. The van der Waals surface area contributed by atoms with E-state index in [4.69, 9.17) is 0 Å². The molecule has 0 fully saturated rings. The minimum absolute atomic E-state index is 0.176. The van der Waals surface area contributed by atoms with Crippen LogP contribution in [-0.2, 0) is 0 Å². The van der Waals surface area contributed by atoms with Gasteiger partial charge in [-0.3, -0.25) is 4.79 Å². The van der Waals surface area contributed by atoms with Crippen LogP contribution < -0.4 is 5.32 Å². The van der Waals surface area contributed by atoms with Crippen molar-refractivity contribution in [1.29, 1.82) is 0 Å². The van der Waals surface area contributed by atoms with Crippen LogP contribution in [-0.4, -0.2) is 20.7 Å². The van der Waals surface area contributed by atoms with Crippen molar-refractivity contribution in [3.8, 4) is 0 Å². The molecule has 0 saturated carbocycles. The molecule has 0 saturated heterocycles. The SMILES string of the molecule is C/C=C/n1nc(C)cc1NC(=O)c1c2ccccc2nc2ccccc12. The van der Waals surface area contributed by atoms with E-state index in [1.807, 2.05) is 80.7 Å². The second kappa shape index (κ2) is 6.44. The predicted molar refractivity (Wildman–Crippen MR) is 105 cm³/mol. The van der Waals surface area contributed by atoms with Gasteiger partial charge in [-0.15, -0.1) is 0 Å². The first-order chi connectivity index (χ1) is 12.7. The highest BCUT2D eigenvalue weighted by Gasteiger charge is 2.17. The Labute approximate surface area is 151 Å². The highest BCUT2D eigenvalue weighted by molar-refractivity contribution is 6.20. The molecule has 0 unspecified atom stereocenters. The number of anilines is 1. The number of aromatic nitrogens is 3. The van der Waals surface area contributed by atoms with Crippen molar-refractivity contribution in [2.24, 2.45) is 0 Å². The molecule has 0 aliphatic rings. The Kier molecular flexibility index (Phi) is 3.97. The summed E-state index contributed by atoms with van der Waals surface area (Å²) >= 11 is 0. The second-order valence-electron chi connectivity index (χ2n) is 6.07. The van der Waals surface area contributed by atoms with Crippen LogP contribution in [0.4, 0.5) is 5.82 Å². The normalized spacial score (nSPS) is 11.5. The molecule has 2 aromatic heterocycles. The number of carbonyl (C=O) groups excluding carboxylic acids is 1. The van der Waals surface area contributed by atoms with Crippen LogP contribution in [0.5, 0.6) is 0 Å². The van der Waals surface area contributed by atoms with Crippen LogP contribution in [0.3, 0.4) is 0 Å². The van der Waals surface area contributed by atoms with Crippen molar-refractivity contribution in [3.63, 3.8) is 0 Å². The lowest BCUT2D eigenvalue weighted by Gasteiger charge is -2.11. The molecule has 128 valence electrons. The van der Waals surface area contributed by atoms with E-state index in [1.165, 1.54) is 0 Å². The predicted octanol–water partition coefficient (Wildman–Crippen LogP) is 4.64. The van der Waals surface area contributed by atoms with Gasteiger partial charge in [0.1, 0.15) is 5.82 Å². The van der Waals surface area contributed by atoms with E-state index in [0.29, 0.717) is 11.4 Å². The number of rotatable bonds is 3. The van der Waals surface area contributed by atoms with Gasteiger partial charge in [0.25, 0.3) is 5.91 Å². The zero-order chi connectivity index (χ0) is 18.1. The van der Waals surface area contributed by atoms with Gasteiger partial charge < -0.3 is 5.32 Å². The van der Waals surface area contributed by atoms with Crippen molar-refractivity contribution in [3.05, 3.63) is 71.9 Å². The number of amides is 1. The summed E-state index contributed by atoms with van der Waals surface area (Å²) in [6, 6.07) is 17.2. The largest absolute Gasteiger partial charge is 0.306 e. The highest BCUT2D eigenvalue weighted by atomic mass is 16.1. The van der Waals surface area contributed by atoms with Crippen molar-refractivity contribution in [1.82, 2.24) is 14.8 Å². The Morgan fingerprint density at radius 1 is 1.04 bits per heavy atom. The Morgan fingerprint density at radius 2 is 1.65 bits per heavy atom. The van der Waals surface area contributed by atoms with Gasteiger partial charge >= 0.3 is 0 Å². The molecule has 26 heavy (non-hydrogen) atoms. The van der Waals surface area contributed by atoms with Gasteiger partial charge in [0.05, 0.1) is 22.3 Å². The van der Waals surface area contributed by atoms with Gasteiger partial charge in [-0.2, -0.15) is 5.10 Å². The zero-order valence-electron chi connectivity index (χ0n) is 14.6. The lowest BCUT2D eigenvalue weighted by Crippen LogP contribution is -2.15. The molecule has 5 heteroatoms. The summed E-state index contributed by atoms with van der Waals surface area (Å²) in [5.41, 5.74) is 3.06. The third-order valence-corrected chi connectivity index (χ3v) is 4.20. The number of nitrogens with zero attached hydrogens (tertiary/aromatic N) is 3. The Balaban J connectivity index is 1.88. The van der Waals surface area contributed by atoms with Gasteiger partial charge in [0.2, 0.25) is 0 Å². The Hall–Kier alpha value is -3.47. The molecule has 4 rings (SSSR count). The number of nitrogens with one attached hydrogen (secondary N) is 1. The fourth-order valence-electron chi connectivity index (χ4n) is 3.13. The van der Waals surface area contributed by atoms with Gasteiger partial charge in [0, 0.05) is 23.0 Å². The molecule has 0 bridgehead atoms. The van der Waals surface area contributed by atoms with Crippen LogP contribution in [0.15, 0.2) is 60.7 Å². The van der Waals surface area contributed by atoms with Gasteiger partial charge in [-0.25, -0.2) is 9.67 Å². The number of benzene rings is 2. The Morgan fingerprint density at radius 3 is 2.27 bits per heavy atom. The summed E-state index contributed by atoms with van der Waals surface area (Å²) in [7, 11) is 0. The molecule has 5 nitrogen and oxygen atoms in total. The molecule has 0 spiro atoms. The van der Waals surface area contributed by atoms with E-state index >= 15 is 0 Å². The summed E-state index contributed by atoms with van der Waals surface area (Å²) < 4.78 is 1.67. The molecule has 0 aliphatic carbocycles. The standard InChI is InChI=1S/C21H18N4O/c1-3-12-25-19(13-14(2)24-25)23-21(26)20-15-8-4-6-10-17(15)22-18-11-7-5-9-16(18)20/h3-13H,1-2H3,(H,23,26)/b12-3+. The van der Waals surface area contributed by atoms with Crippen LogP contribution in [0, 0.1) is 6.92 Å². The number of carbonyl (C=O) groups is 1. The van der Waals surface area contributed by atoms with E-state index in [1.54, 1.807) is 4.68 Å². The topological polar surface area (TPSA) is 59.8 Å². The lowest BCUT2D eigenvalue weighted by molar-refractivity contribution is 0.102. The number of pyridine rings is 1. The summed E-state index contributed by atoms with van der Waals surface area (Å²) in [4.78, 5) is 17.9. The highest BCUT2D eigenvalue weighted by Crippen LogP contribution is 2.27. The van der Waals surface area contributed by atoms with E-state index in [9.17, 15) is 4.79 Å². The molecular formula is C21H18N4O. The molecule has 2 aromatic carbocycles. The minimum Gasteiger partial charge on any atom is -0.306 e. The van der Waals surface area contributed by atoms with Crippen LogP contribution in [0.1, 0.15) is 23.0 Å². The van der Waals surface area contributed by atoms with E-state index in [2.05, 4.69) is 15.4 Å². The fourth-order valence-corrected chi connectivity index (χ4v) is 3.13. The average Bonchev–Trinajstić information content (AvgIpc) is 2.98. The van der Waals surface area contributed by atoms with E-state index < -0.39 is 0 Å². The van der Waals surface area contributed by atoms with E-state index in [-0.39, 0.29) is 5.91 Å². The third kappa shape index (κ3) is 2.73. The summed E-state index contributed by atoms with van der Waals surface area (Å²) in [6.45, 7) is 3.80. The summed E-state index contributed by atoms with van der Waals surface area (Å²) in [5.74, 6) is 0.459. The maximum Gasteiger partial charge on any atom is 0.258 e. The monoisotopic (exact) mass is 342 g/mol. The molecule has 0 radical (unpaired) electrons. The molecule has 2 heterocycles. The van der Waals surface area contributed by atoms with Gasteiger partial charge in [-0.05, 0) is 26.0 Å². The first-order valence-electron chi connectivity index (χ1n) is 8.45. The quantitative estimate of drug-likeness (QED) is 0.552. The maximum absolute atomic E-state index is 13.2. The molecule has 1 N–H and O–H groups in total. The first-order valence-corrected chi connectivity index (χ1v) is 8.45. The lowest BCUT2D eigenvalue weighted by atomic mass is 10.0. The zero-order valence-corrected chi connectivity index (χ0v) is 14.6. The third-order valence-electron chi connectivity index (χ3n) is 4.20. The maximum atomic E-state index is 13.2. The Bertz CT molecular complexity index is 1100. The number of allylic oxidation sites excluding steroid dienone is 1. The average molecular weight is 342 g/mol. The van der Waals surface area contributed by atoms with Crippen molar-refractivity contribution >= 4 is 39.7 Å². The van der Waals surface area contributed by atoms with Crippen LogP contribution in [0.2, 0.25) is 0 Å². The number of aryl methyl sites for hydroxylation is 1. The van der Waals surface area contributed by atoms with E-state index in [0.717, 1.165) is 27.5 Å². The molecule has 1 amide bonds. The number of fused-ring (bicyclic) bond motifs is 2. The van der Waals surface area contributed by atoms with Crippen molar-refractivity contribution < 1.29 is 4.79 Å². The smallest absolute Gasteiger partial charge is 0.258 e. The molecule has 4 aromatic rings. The molecule has 0 aliphatic heterocycles. The van der Waals surface area contributed by atoms with Gasteiger partial charge in [0.15, 0.2) is 0 Å². The number of hydrogen-bond acceptors (Lipinski definition) is 3. The second-order valence-corrected chi connectivity index (χ2v) is 6.07. The first kappa shape index (κ1) is 16.0. The number of para-hydroxylation sites is 2. The van der Waals surface area contributed by atoms with Crippen molar-refractivity contribution in [2.75, 3.05) is 5.32 Å². The van der Waals surface area contributed by atoms with Gasteiger partial charge in [-0.1, -0.05) is 42.5 Å². The van der Waals surface area contributed by atoms with Crippen molar-refractivity contribution in [2.45, 2.75) is 13.8 Å². The van der Waals surface area contributed by atoms with Crippen LogP contribution in [0.25, 0.3) is 28.0 Å².